The summed E-state index contributed by atoms with van der Waals surface area (Å²) in [6, 6.07) is 1.60. The van der Waals surface area contributed by atoms with Crippen molar-refractivity contribution in [3.8, 4) is 0 Å². The van der Waals surface area contributed by atoms with Gasteiger partial charge in [-0.25, -0.2) is 0 Å². The maximum absolute atomic E-state index is 10.8. The summed E-state index contributed by atoms with van der Waals surface area (Å²) in [6.45, 7) is 0.608. The zero-order valence-electron chi connectivity index (χ0n) is 9.91. The predicted molar refractivity (Wildman–Crippen MR) is 66.3 cm³/mol. The van der Waals surface area contributed by atoms with Gasteiger partial charge in [0, 0.05) is 26.0 Å². The van der Waals surface area contributed by atoms with Gasteiger partial charge in [0.25, 0.3) is 0 Å². The molecular formula is C11H13N5O2. The van der Waals surface area contributed by atoms with Gasteiger partial charge >= 0.3 is 5.69 Å². The van der Waals surface area contributed by atoms with E-state index in [9.17, 15) is 10.1 Å². The van der Waals surface area contributed by atoms with Gasteiger partial charge in [0.05, 0.1) is 11.1 Å². The van der Waals surface area contributed by atoms with Crippen LogP contribution in [0.1, 0.15) is 5.56 Å². The van der Waals surface area contributed by atoms with Gasteiger partial charge in [-0.2, -0.15) is 5.10 Å². The largest absolute Gasteiger partial charge is 0.379 e. The fourth-order valence-corrected chi connectivity index (χ4v) is 1.62. The number of pyridine rings is 1. The van der Waals surface area contributed by atoms with Crippen molar-refractivity contribution in [2.24, 2.45) is 7.05 Å². The maximum atomic E-state index is 10.8. The molecule has 94 valence electrons. The number of rotatable bonds is 5. The number of hydrogen-bond donors (Lipinski definition) is 1. The van der Waals surface area contributed by atoms with Gasteiger partial charge in [0.1, 0.15) is 11.9 Å². The van der Waals surface area contributed by atoms with E-state index in [4.69, 9.17) is 0 Å². The summed E-state index contributed by atoms with van der Waals surface area (Å²) in [6.07, 6.45) is 7.23. The van der Waals surface area contributed by atoms with Crippen molar-refractivity contribution >= 4 is 11.4 Å². The molecule has 0 radical (unpaired) electrons. The minimum absolute atomic E-state index is 0.0105. The van der Waals surface area contributed by atoms with E-state index in [-0.39, 0.29) is 5.69 Å². The summed E-state index contributed by atoms with van der Waals surface area (Å²) in [5.74, 6) is 0. The molecule has 0 fully saturated rings. The third kappa shape index (κ3) is 2.82. The van der Waals surface area contributed by atoms with Gasteiger partial charge in [0.15, 0.2) is 0 Å². The van der Waals surface area contributed by atoms with E-state index < -0.39 is 4.92 Å². The van der Waals surface area contributed by atoms with Crippen LogP contribution >= 0.6 is 0 Å². The average molecular weight is 247 g/mol. The third-order valence-electron chi connectivity index (χ3n) is 2.48. The Bertz CT molecular complexity index is 552. The number of aryl methyl sites for hydroxylation is 1. The van der Waals surface area contributed by atoms with Crippen LogP contribution in [0.5, 0.6) is 0 Å². The summed E-state index contributed by atoms with van der Waals surface area (Å²) < 4.78 is 1.73. The fraction of sp³-hybridized carbons (Fsp3) is 0.273. The smallest absolute Gasteiger partial charge is 0.310 e. The van der Waals surface area contributed by atoms with E-state index in [1.807, 2.05) is 13.2 Å². The lowest BCUT2D eigenvalue weighted by Crippen LogP contribution is -2.06. The molecule has 0 atom stereocenters. The topological polar surface area (TPSA) is 85.9 Å². The molecule has 0 aliphatic carbocycles. The minimum atomic E-state index is -0.445. The molecule has 7 heteroatoms. The molecule has 1 N–H and O–H groups in total. The average Bonchev–Trinajstić information content (AvgIpc) is 2.75. The fourth-order valence-electron chi connectivity index (χ4n) is 1.62. The quantitative estimate of drug-likeness (QED) is 0.637. The Kier molecular flexibility index (Phi) is 3.52. The Balaban J connectivity index is 1.96. The van der Waals surface area contributed by atoms with Crippen molar-refractivity contribution in [1.29, 1.82) is 0 Å². The van der Waals surface area contributed by atoms with E-state index in [2.05, 4.69) is 15.4 Å². The van der Waals surface area contributed by atoms with Crippen molar-refractivity contribution in [2.75, 3.05) is 11.9 Å². The number of nitrogens with one attached hydrogen (secondary N) is 1. The normalized spacial score (nSPS) is 10.3. The van der Waals surface area contributed by atoms with Crippen LogP contribution in [0.25, 0.3) is 0 Å². The highest BCUT2D eigenvalue weighted by Crippen LogP contribution is 2.21. The molecule has 0 aliphatic rings. The third-order valence-corrected chi connectivity index (χ3v) is 2.48. The molecular weight excluding hydrogens is 234 g/mol. The molecule has 0 aromatic carbocycles. The number of aromatic nitrogens is 3. The highest BCUT2D eigenvalue weighted by Gasteiger charge is 2.12. The van der Waals surface area contributed by atoms with Crippen LogP contribution in [0, 0.1) is 10.1 Å². The van der Waals surface area contributed by atoms with Gasteiger partial charge in [-0.15, -0.1) is 0 Å². The number of nitro groups is 1. The molecule has 0 spiro atoms. The molecule has 0 unspecified atom stereocenters. The molecule has 0 amide bonds. The number of hydrogen-bond acceptors (Lipinski definition) is 5. The highest BCUT2D eigenvalue weighted by molar-refractivity contribution is 5.59. The first-order chi connectivity index (χ1) is 8.66. The highest BCUT2D eigenvalue weighted by atomic mass is 16.6. The number of nitrogens with zero attached hydrogens (tertiary/aromatic N) is 4. The van der Waals surface area contributed by atoms with Crippen LogP contribution in [0.3, 0.4) is 0 Å². The zero-order valence-corrected chi connectivity index (χ0v) is 9.91. The van der Waals surface area contributed by atoms with Crippen molar-refractivity contribution in [3.63, 3.8) is 0 Å². The van der Waals surface area contributed by atoms with Gasteiger partial charge < -0.3 is 5.32 Å². The molecule has 2 aromatic rings. The van der Waals surface area contributed by atoms with Crippen LogP contribution < -0.4 is 5.32 Å². The second kappa shape index (κ2) is 5.26. The second-order valence-corrected chi connectivity index (χ2v) is 3.85. The molecule has 2 heterocycles. The molecule has 0 aliphatic heterocycles. The van der Waals surface area contributed by atoms with Crippen molar-refractivity contribution in [3.05, 3.63) is 46.5 Å². The monoisotopic (exact) mass is 247 g/mol. The second-order valence-electron chi connectivity index (χ2n) is 3.85. The predicted octanol–water partition coefficient (Wildman–Crippen LogP) is 1.38. The summed E-state index contributed by atoms with van der Waals surface area (Å²) in [4.78, 5) is 14.1. The zero-order chi connectivity index (χ0) is 13.0. The first-order valence-corrected chi connectivity index (χ1v) is 5.46. The molecule has 18 heavy (non-hydrogen) atoms. The molecule has 2 aromatic heterocycles. The Morgan fingerprint density at radius 2 is 2.33 bits per heavy atom. The van der Waals surface area contributed by atoms with Gasteiger partial charge in [-0.3, -0.25) is 19.8 Å². The Hall–Kier alpha value is -2.44. The molecule has 0 saturated carbocycles. The van der Waals surface area contributed by atoms with Gasteiger partial charge in [-0.1, -0.05) is 0 Å². The lowest BCUT2D eigenvalue weighted by Gasteiger charge is -2.05. The molecule has 0 saturated heterocycles. The Labute approximate surface area is 104 Å². The van der Waals surface area contributed by atoms with Crippen LogP contribution in [-0.4, -0.2) is 26.2 Å². The van der Waals surface area contributed by atoms with Crippen LogP contribution in [0.2, 0.25) is 0 Å². The first kappa shape index (κ1) is 12.0. The summed E-state index contributed by atoms with van der Waals surface area (Å²) in [7, 11) is 1.85. The van der Waals surface area contributed by atoms with E-state index in [0.29, 0.717) is 12.2 Å². The molecule has 2 rings (SSSR count). The van der Waals surface area contributed by atoms with E-state index >= 15 is 0 Å². The van der Waals surface area contributed by atoms with E-state index in [1.54, 1.807) is 16.9 Å². The lowest BCUT2D eigenvalue weighted by atomic mass is 10.2. The summed E-state index contributed by atoms with van der Waals surface area (Å²) in [5, 5.41) is 17.9. The van der Waals surface area contributed by atoms with Gasteiger partial charge in [0.2, 0.25) is 0 Å². The summed E-state index contributed by atoms with van der Waals surface area (Å²) in [5.41, 5.74) is 1.56. The minimum Gasteiger partial charge on any atom is -0.379 e. The Morgan fingerprint density at radius 1 is 1.50 bits per heavy atom. The summed E-state index contributed by atoms with van der Waals surface area (Å²) >= 11 is 0. The van der Waals surface area contributed by atoms with Crippen molar-refractivity contribution in [2.45, 2.75) is 6.42 Å². The van der Waals surface area contributed by atoms with E-state index in [1.165, 1.54) is 12.4 Å². The van der Waals surface area contributed by atoms with E-state index in [0.717, 1.165) is 12.0 Å². The lowest BCUT2D eigenvalue weighted by molar-refractivity contribution is -0.384. The molecule has 7 nitrogen and oxygen atoms in total. The maximum Gasteiger partial charge on any atom is 0.310 e. The van der Waals surface area contributed by atoms with Crippen molar-refractivity contribution < 1.29 is 4.92 Å². The van der Waals surface area contributed by atoms with Crippen LogP contribution in [0.15, 0.2) is 30.9 Å². The standard InChI is InChI=1S/C11H13N5O2/c1-15-8-9(6-14-15)2-5-13-10-3-4-12-7-11(10)16(17)18/h3-4,6-8H,2,5H2,1H3,(H,12,13). The first-order valence-electron chi connectivity index (χ1n) is 5.46. The number of anilines is 1. The van der Waals surface area contributed by atoms with Crippen LogP contribution in [-0.2, 0) is 13.5 Å². The van der Waals surface area contributed by atoms with Crippen molar-refractivity contribution in [1.82, 2.24) is 14.8 Å². The SMILES string of the molecule is Cn1cc(CCNc2ccncc2[N+](=O)[O-])cn1. The molecule has 0 bridgehead atoms. The van der Waals surface area contributed by atoms with Crippen LogP contribution in [0.4, 0.5) is 11.4 Å². The Morgan fingerprint density at radius 3 is 3.00 bits per heavy atom. The van der Waals surface area contributed by atoms with Gasteiger partial charge in [-0.05, 0) is 18.1 Å².